The zero-order valence-electron chi connectivity index (χ0n) is 3.02. The van der Waals surface area contributed by atoms with Gasteiger partial charge in [0, 0.05) is 0 Å². The molecule has 0 spiro atoms. The van der Waals surface area contributed by atoms with Crippen LogP contribution in [0.25, 0.3) is 0 Å². The summed E-state index contributed by atoms with van der Waals surface area (Å²) < 4.78 is 0. The molecule has 0 saturated carbocycles. The van der Waals surface area contributed by atoms with Gasteiger partial charge in [0.15, 0.2) is 0 Å². The van der Waals surface area contributed by atoms with Gasteiger partial charge in [-0.15, -0.1) is 5.48 Å². The zero-order chi connectivity index (χ0) is 4.41. The van der Waals surface area contributed by atoms with Crippen molar-refractivity contribution in [2.75, 3.05) is 6.67 Å². The molecule has 0 aromatic carbocycles. The van der Waals surface area contributed by atoms with E-state index in [1.165, 1.54) is 0 Å². The molecule has 3 nitrogen and oxygen atoms in total. The smallest absolute Gasteiger partial charge is 0.279 e. The van der Waals surface area contributed by atoms with Gasteiger partial charge < -0.3 is 10.2 Å². The van der Waals surface area contributed by atoms with Gasteiger partial charge in [0.2, 0.25) is 0 Å². The molecule has 0 aliphatic carbocycles. The molecule has 1 aliphatic heterocycles. The lowest BCUT2D eigenvalue weighted by Crippen LogP contribution is -2.13. The van der Waals surface area contributed by atoms with Crippen molar-refractivity contribution >= 4 is 17.4 Å². The van der Waals surface area contributed by atoms with Crippen molar-refractivity contribution in [2.45, 2.75) is 0 Å². The van der Waals surface area contributed by atoms with Gasteiger partial charge in [-0.3, -0.25) is 0 Å². The van der Waals surface area contributed by atoms with Crippen molar-refractivity contribution in [2.24, 2.45) is 0 Å². The maximum Gasteiger partial charge on any atom is 0.279 e. The van der Waals surface area contributed by atoms with E-state index in [2.05, 4.69) is 27.9 Å². The molecule has 0 aromatic heterocycles. The van der Waals surface area contributed by atoms with Crippen LogP contribution < -0.4 is 10.8 Å². The standard InChI is InChI=1S/C2H4N2OS/c6-2-3-1-4-5-2/h4H,1H2,(H,3,6). The molecule has 0 amide bonds. The van der Waals surface area contributed by atoms with Crippen LogP contribution in [0.15, 0.2) is 0 Å². The van der Waals surface area contributed by atoms with Gasteiger partial charge in [-0.25, -0.2) is 0 Å². The van der Waals surface area contributed by atoms with Gasteiger partial charge in [-0.2, -0.15) is 0 Å². The molecule has 1 saturated heterocycles. The summed E-state index contributed by atoms with van der Waals surface area (Å²) in [5, 5.41) is 3.14. The Balaban J connectivity index is 2.37. The van der Waals surface area contributed by atoms with Crippen LogP contribution in [0.5, 0.6) is 0 Å². The van der Waals surface area contributed by atoms with Gasteiger partial charge in [-0.05, 0) is 12.2 Å². The highest BCUT2D eigenvalue weighted by molar-refractivity contribution is 7.80. The van der Waals surface area contributed by atoms with Gasteiger partial charge in [-0.1, -0.05) is 0 Å². The van der Waals surface area contributed by atoms with Crippen molar-refractivity contribution in [1.29, 1.82) is 0 Å². The number of hydrogen-bond acceptors (Lipinski definition) is 3. The first-order valence-electron chi connectivity index (χ1n) is 1.57. The highest BCUT2D eigenvalue weighted by Gasteiger charge is 2.00. The maximum absolute atomic E-state index is 4.52. The Morgan fingerprint density at radius 1 is 1.83 bits per heavy atom. The number of thiocarbonyl (C=S) groups is 1. The Kier molecular flexibility index (Phi) is 0.894. The Labute approximate surface area is 40.6 Å². The minimum atomic E-state index is 0.426. The lowest BCUT2D eigenvalue weighted by molar-refractivity contribution is 0.227. The summed E-state index contributed by atoms with van der Waals surface area (Å²) in [5.74, 6) is 0. The fourth-order valence-electron chi connectivity index (χ4n) is 0.246. The lowest BCUT2D eigenvalue weighted by atomic mass is 11.1. The molecule has 0 unspecified atom stereocenters. The first-order chi connectivity index (χ1) is 2.89. The van der Waals surface area contributed by atoms with Crippen LogP contribution in [-0.2, 0) is 4.84 Å². The van der Waals surface area contributed by atoms with Gasteiger partial charge in [0.1, 0.15) is 6.67 Å². The van der Waals surface area contributed by atoms with E-state index < -0.39 is 0 Å². The average molecular weight is 104 g/mol. The molecule has 1 aliphatic rings. The summed E-state index contributed by atoms with van der Waals surface area (Å²) in [6, 6.07) is 0. The van der Waals surface area contributed by atoms with Crippen LogP contribution in [0.2, 0.25) is 0 Å². The van der Waals surface area contributed by atoms with Gasteiger partial charge in [0.05, 0.1) is 0 Å². The van der Waals surface area contributed by atoms with Gasteiger partial charge >= 0.3 is 0 Å². The number of nitrogens with one attached hydrogen (secondary N) is 2. The third-order valence-corrected chi connectivity index (χ3v) is 0.697. The fourth-order valence-corrected chi connectivity index (χ4v) is 0.377. The predicted octanol–water partition coefficient (Wildman–Crippen LogP) is -0.647. The first-order valence-corrected chi connectivity index (χ1v) is 1.98. The Hall–Kier alpha value is -0.350. The van der Waals surface area contributed by atoms with E-state index in [4.69, 9.17) is 0 Å². The molecule has 6 heavy (non-hydrogen) atoms. The molecule has 1 fully saturated rings. The summed E-state index contributed by atoms with van der Waals surface area (Å²) >= 11 is 4.52. The summed E-state index contributed by atoms with van der Waals surface area (Å²) in [7, 11) is 0. The van der Waals surface area contributed by atoms with Crippen LogP contribution in [0.3, 0.4) is 0 Å². The third kappa shape index (κ3) is 0.580. The second kappa shape index (κ2) is 1.40. The molecular formula is C2H4N2OS. The van der Waals surface area contributed by atoms with E-state index in [1.807, 2.05) is 0 Å². The SMILES string of the molecule is S=C1NCNO1. The van der Waals surface area contributed by atoms with Crippen LogP contribution in [0, 0.1) is 0 Å². The normalized spacial score (nSPS) is 19.7. The molecule has 2 N–H and O–H groups in total. The van der Waals surface area contributed by atoms with Gasteiger partial charge in [0.25, 0.3) is 5.17 Å². The fraction of sp³-hybridized carbons (Fsp3) is 0.500. The quantitative estimate of drug-likeness (QED) is 0.400. The molecule has 1 heterocycles. The van der Waals surface area contributed by atoms with E-state index in [-0.39, 0.29) is 0 Å². The van der Waals surface area contributed by atoms with E-state index >= 15 is 0 Å². The Morgan fingerprint density at radius 3 is 2.83 bits per heavy atom. The maximum atomic E-state index is 4.52. The second-order valence-corrected chi connectivity index (χ2v) is 1.26. The van der Waals surface area contributed by atoms with Crippen molar-refractivity contribution in [3.05, 3.63) is 0 Å². The molecule has 0 atom stereocenters. The van der Waals surface area contributed by atoms with E-state index in [0.717, 1.165) is 0 Å². The zero-order valence-corrected chi connectivity index (χ0v) is 3.84. The van der Waals surface area contributed by atoms with Crippen LogP contribution in [0.4, 0.5) is 0 Å². The summed E-state index contributed by atoms with van der Waals surface area (Å²) in [4.78, 5) is 4.52. The lowest BCUT2D eigenvalue weighted by Gasteiger charge is -1.83. The molecule has 34 valence electrons. The number of rotatable bonds is 0. The second-order valence-electron chi connectivity index (χ2n) is 0.887. The highest BCUT2D eigenvalue weighted by atomic mass is 32.1. The minimum Gasteiger partial charge on any atom is -0.377 e. The molecule has 0 aromatic rings. The molecular weight excluding hydrogens is 100 g/mol. The summed E-state index contributed by atoms with van der Waals surface area (Å²) in [6.45, 7) is 0.624. The van der Waals surface area contributed by atoms with Crippen molar-refractivity contribution in [1.82, 2.24) is 10.8 Å². The largest absolute Gasteiger partial charge is 0.377 e. The monoisotopic (exact) mass is 104 g/mol. The van der Waals surface area contributed by atoms with Crippen molar-refractivity contribution in [3.8, 4) is 0 Å². The third-order valence-electron chi connectivity index (χ3n) is 0.470. The topological polar surface area (TPSA) is 33.3 Å². The average Bonchev–Trinajstić information content (AvgIpc) is 1.86. The Morgan fingerprint density at radius 2 is 2.67 bits per heavy atom. The van der Waals surface area contributed by atoms with E-state index in [9.17, 15) is 0 Å². The minimum absolute atomic E-state index is 0.426. The Bertz CT molecular complexity index is 65.9. The number of hydroxylamine groups is 1. The van der Waals surface area contributed by atoms with Crippen LogP contribution in [0.1, 0.15) is 0 Å². The molecule has 0 radical (unpaired) electrons. The molecule has 4 heteroatoms. The van der Waals surface area contributed by atoms with Crippen molar-refractivity contribution < 1.29 is 4.84 Å². The predicted molar refractivity (Wildman–Crippen MR) is 24.8 cm³/mol. The van der Waals surface area contributed by atoms with Crippen LogP contribution >= 0.6 is 12.2 Å². The van der Waals surface area contributed by atoms with E-state index in [1.54, 1.807) is 0 Å². The van der Waals surface area contributed by atoms with Crippen LogP contribution in [-0.4, -0.2) is 11.8 Å². The first kappa shape index (κ1) is 3.83. The number of hydrogen-bond donors (Lipinski definition) is 2. The summed E-state index contributed by atoms with van der Waals surface area (Å²) in [5.41, 5.74) is 2.52. The summed E-state index contributed by atoms with van der Waals surface area (Å²) in [6.07, 6.45) is 0. The van der Waals surface area contributed by atoms with Crippen molar-refractivity contribution in [3.63, 3.8) is 0 Å². The highest BCUT2D eigenvalue weighted by Crippen LogP contribution is 1.76. The molecule has 0 bridgehead atoms. The molecule has 1 rings (SSSR count). The van der Waals surface area contributed by atoms with E-state index in [0.29, 0.717) is 11.8 Å².